The number of nitrogens with zero attached hydrogens (tertiary/aromatic N) is 1. The average Bonchev–Trinajstić information content (AvgIpc) is 3.09. The quantitative estimate of drug-likeness (QED) is 0.776. The third-order valence-electron chi connectivity index (χ3n) is 4.93. The standard InChI is InChI=1S/C22H29FN2O3/c1-15-10-16(2)12-25(11-15)13-17(3)24-22(26)21-9-8-20(28-21)14-27-19-6-4-18(23)5-7-19/h4-9,15-17H,10-14H2,1-3H3,(H,24,26). The molecule has 0 spiro atoms. The number of nitrogens with one attached hydrogen (secondary N) is 1. The summed E-state index contributed by atoms with van der Waals surface area (Å²) in [5.74, 6) is 2.21. The fourth-order valence-corrected chi connectivity index (χ4v) is 3.93. The fourth-order valence-electron chi connectivity index (χ4n) is 3.93. The molecule has 1 aliphatic rings. The number of carbonyl (C=O) groups is 1. The monoisotopic (exact) mass is 388 g/mol. The number of hydrogen-bond donors (Lipinski definition) is 1. The van der Waals surface area contributed by atoms with Gasteiger partial charge in [0.1, 0.15) is 23.9 Å². The molecule has 2 heterocycles. The number of furan rings is 1. The molecule has 3 unspecified atom stereocenters. The molecular weight excluding hydrogens is 359 g/mol. The number of rotatable bonds is 7. The normalized spacial score (nSPS) is 21.3. The zero-order chi connectivity index (χ0) is 20.1. The zero-order valence-corrected chi connectivity index (χ0v) is 16.8. The molecule has 1 N–H and O–H groups in total. The van der Waals surface area contributed by atoms with Crippen LogP contribution in [-0.2, 0) is 6.61 Å². The topological polar surface area (TPSA) is 54.7 Å². The first-order valence-electron chi connectivity index (χ1n) is 9.89. The lowest BCUT2D eigenvalue weighted by atomic mass is 9.92. The third kappa shape index (κ3) is 5.83. The average molecular weight is 388 g/mol. The van der Waals surface area contributed by atoms with Gasteiger partial charge in [0.05, 0.1) is 0 Å². The van der Waals surface area contributed by atoms with E-state index in [0.29, 0.717) is 23.3 Å². The Kier molecular flexibility index (Phi) is 6.73. The van der Waals surface area contributed by atoms with Crippen LogP contribution in [0.3, 0.4) is 0 Å². The molecule has 0 radical (unpaired) electrons. The van der Waals surface area contributed by atoms with Crippen molar-refractivity contribution < 1.29 is 18.3 Å². The lowest BCUT2D eigenvalue weighted by molar-refractivity contribution is 0.0874. The largest absolute Gasteiger partial charge is 0.486 e. The number of benzene rings is 1. The molecule has 1 aromatic heterocycles. The van der Waals surface area contributed by atoms with Gasteiger partial charge in [-0.25, -0.2) is 4.39 Å². The van der Waals surface area contributed by atoms with Gasteiger partial charge in [-0.3, -0.25) is 4.79 Å². The highest BCUT2D eigenvalue weighted by molar-refractivity contribution is 5.91. The summed E-state index contributed by atoms with van der Waals surface area (Å²) >= 11 is 0. The minimum absolute atomic E-state index is 0.0361. The Morgan fingerprint density at radius 1 is 1.21 bits per heavy atom. The summed E-state index contributed by atoms with van der Waals surface area (Å²) in [5, 5.41) is 3.01. The van der Waals surface area contributed by atoms with E-state index < -0.39 is 0 Å². The predicted octanol–water partition coefficient (Wildman–Crippen LogP) is 4.09. The van der Waals surface area contributed by atoms with Gasteiger partial charge in [-0.05, 0) is 61.6 Å². The molecule has 1 fully saturated rings. The van der Waals surface area contributed by atoms with E-state index in [1.165, 1.54) is 18.6 Å². The van der Waals surface area contributed by atoms with Crippen molar-refractivity contribution in [3.8, 4) is 5.75 Å². The summed E-state index contributed by atoms with van der Waals surface area (Å²) in [6.07, 6.45) is 1.27. The highest BCUT2D eigenvalue weighted by Crippen LogP contribution is 2.21. The molecule has 28 heavy (non-hydrogen) atoms. The zero-order valence-electron chi connectivity index (χ0n) is 16.8. The molecule has 0 saturated carbocycles. The summed E-state index contributed by atoms with van der Waals surface area (Å²) < 4.78 is 24.0. The van der Waals surface area contributed by atoms with Gasteiger partial charge in [0.2, 0.25) is 0 Å². The van der Waals surface area contributed by atoms with Gasteiger partial charge >= 0.3 is 0 Å². The predicted molar refractivity (Wildman–Crippen MR) is 106 cm³/mol. The van der Waals surface area contributed by atoms with Crippen LogP contribution in [0.5, 0.6) is 5.75 Å². The van der Waals surface area contributed by atoms with Crippen LogP contribution in [0.15, 0.2) is 40.8 Å². The maximum absolute atomic E-state index is 12.9. The minimum atomic E-state index is -0.313. The van der Waals surface area contributed by atoms with Gasteiger partial charge < -0.3 is 19.4 Å². The molecule has 0 bridgehead atoms. The Labute approximate surface area is 165 Å². The van der Waals surface area contributed by atoms with E-state index in [0.717, 1.165) is 19.6 Å². The van der Waals surface area contributed by atoms with Crippen molar-refractivity contribution in [2.75, 3.05) is 19.6 Å². The van der Waals surface area contributed by atoms with Crippen LogP contribution in [0.1, 0.15) is 43.5 Å². The van der Waals surface area contributed by atoms with Crippen LogP contribution < -0.4 is 10.1 Å². The SMILES string of the molecule is CC1CC(C)CN(CC(C)NC(=O)c2ccc(COc3ccc(F)cc3)o2)C1. The van der Waals surface area contributed by atoms with Crippen molar-refractivity contribution in [3.63, 3.8) is 0 Å². The van der Waals surface area contributed by atoms with E-state index >= 15 is 0 Å². The molecule has 1 aliphatic heterocycles. The lowest BCUT2D eigenvalue weighted by Crippen LogP contribution is -2.46. The smallest absolute Gasteiger partial charge is 0.287 e. The molecule has 5 nitrogen and oxygen atoms in total. The maximum atomic E-state index is 12.9. The summed E-state index contributed by atoms with van der Waals surface area (Å²) in [6, 6.07) is 9.18. The molecule has 2 aromatic rings. The van der Waals surface area contributed by atoms with Crippen LogP contribution in [-0.4, -0.2) is 36.5 Å². The summed E-state index contributed by atoms with van der Waals surface area (Å²) in [7, 11) is 0. The van der Waals surface area contributed by atoms with Crippen LogP contribution in [0.2, 0.25) is 0 Å². The molecule has 1 aromatic carbocycles. The number of halogens is 1. The second-order valence-corrected chi connectivity index (χ2v) is 8.05. The van der Waals surface area contributed by atoms with Crippen molar-refractivity contribution in [3.05, 3.63) is 53.7 Å². The van der Waals surface area contributed by atoms with E-state index in [1.807, 2.05) is 6.92 Å². The van der Waals surface area contributed by atoms with Crippen molar-refractivity contribution in [2.24, 2.45) is 11.8 Å². The first-order chi connectivity index (χ1) is 13.4. The number of ether oxygens (including phenoxy) is 1. The maximum Gasteiger partial charge on any atom is 0.287 e. The van der Waals surface area contributed by atoms with Crippen LogP contribution in [0.4, 0.5) is 4.39 Å². The molecule has 152 valence electrons. The Hall–Kier alpha value is -2.34. The molecule has 6 heteroatoms. The van der Waals surface area contributed by atoms with Gasteiger partial charge in [0.15, 0.2) is 5.76 Å². The number of likely N-dealkylation sites (tertiary alicyclic amines) is 1. The van der Waals surface area contributed by atoms with Gasteiger partial charge in [-0.15, -0.1) is 0 Å². The summed E-state index contributed by atoms with van der Waals surface area (Å²) in [4.78, 5) is 14.9. The van der Waals surface area contributed by atoms with Crippen molar-refractivity contribution in [1.82, 2.24) is 10.2 Å². The molecule has 3 atom stereocenters. The number of amides is 1. The second-order valence-electron chi connectivity index (χ2n) is 8.05. The van der Waals surface area contributed by atoms with E-state index in [-0.39, 0.29) is 30.1 Å². The minimum Gasteiger partial charge on any atom is -0.486 e. The molecule has 1 saturated heterocycles. The number of piperidine rings is 1. The summed E-state index contributed by atoms with van der Waals surface area (Å²) in [6.45, 7) is 9.75. The number of carbonyl (C=O) groups excluding carboxylic acids is 1. The Balaban J connectivity index is 1.47. The summed E-state index contributed by atoms with van der Waals surface area (Å²) in [5.41, 5.74) is 0. The van der Waals surface area contributed by atoms with Crippen molar-refractivity contribution in [1.29, 1.82) is 0 Å². The molecule has 1 amide bonds. The second kappa shape index (κ2) is 9.24. The molecule has 0 aliphatic carbocycles. The highest BCUT2D eigenvalue weighted by Gasteiger charge is 2.23. The van der Waals surface area contributed by atoms with E-state index in [4.69, 9.17) is 9.15 Å². The molecule has 3 rings (SSSR count). The van der Waals surface area contributed by atoms with Gasteiger partial charge in [0.25, 0.3) is 5.91 Å². The third-order valence-corrected chi connectivity index (χ3v) is 4.93. The number of hydrogen-bond acceptors (Lipinski definition) is 4. The Bertz CT molecular complexity index is 764. The van der Waals surface area contributed by atoms with Gasteiger partial charge in [0, 0.05) is 25.7 Å². The Morgan fingerprint density at radius 2 is 1.89 bits per heavy atom. The van der Waals surface area contributed by atoms with Gasteiger partial charge in [-0.1, -0.05) is 13.8 Å². The van der Waals surface area contributed by atoms with Gasteiger partial charge in [-0.2, -0.15) is 0 Å². The van der Waals surface area contributed by atoms with Crippen LogP contribution >= 0.6 is 0 Å². The first kappa shape index (κ1) is 20.4. The van der Waals surface area contributed by atoms with Crippen LogP contribution in [0, 0.1) is 17.7 Å². The Morgan fingerprint density at radius 3 is 2.57 bits per heavy atom. The fraction of sp³-hybridized carbons (Fsp3) is 0.500. The molecular formula is C22H29FN2O3. The lowest BCUT2D eigenvalue weighted by Gasteiger charge is -2.36. The van der Waals surface area contributed by atoms with Crippen molar-refractivity contribution >= 4 is 5.91 Å². The highest BCUT2D eigenvalue weighted by atomic mass is 19.1. The first-order valence-corrected chi connectivity index (χ1v) is 9.89. The van der Waals surface area contributed by atoms with Crippen molar-refractivity contribution in [2.45, 2.75) is 39.8 Å². The van der Waals surface area contributed by atoms with E-state index in [2.05, 4.69) is 24.1 Å². The van der Waals surface area contributed by atoms with Crippen LogP contribution in [0.25, 0.3) is 0 Å². The van der Waals surface area contributed by atoms with E-state index in [9.17, 15) is 9.18 Å². The van der Waals surface area contributed by atoms with E-state index in [1.54, 1.807) is 24.3 Å².